The number of ether oxygens (including phenoxy) is 16. The normalized spacial score (nSPS) is 50.1. The fourth-order valence-corrected chi connectivity index (χ4v) is 14.9. The van der Waals surface area contributed by atoms with Gasteiger partial charge in [-0.1, -0.05) is 41.5 Å². The summed E-state index contributed by atoms with van der Waals surface area (Å²) in [5, 5.41) is 250. The summed E-state index contributed by atoms with van der Waals surface area (Å²) in [7, 11) is -5.60. The Morgan fingerprint density at radius 1 is 0.216 bits per heavy atom. The molecule has 102 heavy (non-hydrogen) atoms. The van der Waals surface area contributed by atoms with E-state index in [1.54, 1.807) is 0 Å². The van der Waals surface area contributed by atoms with Gasteiger partial charge in [0.15, 0.2) is 67.0 Å². The molecule has 30 aliphatic heterocycles. The van der Waals surface area contributed by atoms with Crippen LogP contribution < -0.4 is 0 Å². The van der Waals surface area contributed by atoms with Gasteiger partial charge in [-0.15, -0.1) is 0 Å². The third kappa shape index (κ3) is 17.4. The quantitative estimate of drug-likeness (QED) is 0.0807. The summed E-state index contributed by atoms with van der Waals surface area (Å²) in [4.78, 5) is 0. The Bertz CT molecular complexity index is 2560. The van der Waals surface area contributed by atoms with Crippen LogP contribution in [0.3, 0.4) is 0 Å². The van der Waals surface area contributed by atoms with Crippen molar-refractivity contribution in [1.82, 2.24) is 0 Å². The zero-order valence-corrected chi connectivity index (χ0v) is 59.9. The van der Waals surface area contributed by atoms with Crippen LogP contribution in [0.25, 0.3) is 0 Å². The highest BCUT2D eigenvalue weighted by atomic mass is 28.4. The Hall–Kier alpha value is -1.17. The summed E-state index contributed by atoms with van der Waals surface area (Å²) >= 11 is 0. The topological polar surface area (TPSA) is 611 Å². The van der Waals surface area contributed by atoms with Crippen molar-refractivity contribution < 1.29 is 197 Å². The average molecular weight is 1530 g/mol. The standard InChI is InChI=1S/C60H108O40Si2/c1-59(2,3)101(7,8)83-17-25-49-34(74)42(82)58(92-25)100-50-26(18-84-102(9,10)60(4,5)6)91-57(41(81)33(50)73)98-48-24(16-66)89-55(39(79)31(48)71)96-46-22(14-64)87-53(37(77)29(46)69)94-44-20(12-62)85-51(35(75)27(44)67)93-43-19(11-61)86-52(36(76)28(43)68)95-45-21(13-63)88-54(38(78)30(45)70)97-47-23(15-65)90-56(99-49)40(80)32(47)72/h19-58,61-82H,11-18H2,1-10H3/t19-,20-,21-,22-,23-,24-,25-,26-,27-,28-,29-,30-,31-,32-,33-,34-,35-,36-,37-,38-,39-,40-,41-,42-,43-,44-,45-,46-,47-,48-,49-,50-,51-,52-,53-,54-,55-,56-,57-,58-/m1/s1. The van der Waals surface area contributed by atoms with Gasteiger partial charge in [0.1, 0.15) is 195 Å². The monoisotopic (exact) mass is 1520 g/mol. The average Bonchev–Trinajstić information content (AvgIpc) is 0.773. The van der Waals surface area contributed by atoms with E-state index in [0.29, 0.717) is 0 Å². The Balaban J connectivity index is 1.04. The minimum atomic E-state index is -2.80. The molecule has 0 aromatic heterocycles. The van der Waals surface area contributed by atoms with E-state index in [0.717, 1.165) is 0 Å². The van der Waals surface area contributed by atoms with E-state index in [-0.39, 0.29) is 0 Å². The summed E-state index contributed by atoms with van der Waals surface area (Å²) in [6.45, 7) is 11.7. The van der Waals surface area contributed by atoms with E-state index in [2.05, 4.69) is 0 Å². The Morgan fingerprint density at radius 2 is 0.343 bits per heavy atom. The molecule has 16 bridgehead atoms. The zero-order valence-electron chi connectivity index (χ0n) is 57.9. The Kier molecular flexibility index (Phi) is 28.5. The van der Waals surface area contributed by atoms with E-state index in [4.69, 9.17) is 84.6 Å². The van der Waals surface area contributed by atoms with Gasteiger partial charge in [0.2, 0.25) is 0 Å². The molecule has 0 aromatic rings. The maximum atomic E-state index is 12.2. The molecule has 30 fully saturated rings. The van der Waals surface area contributed by atoms with Gasteiger partial charge >= 0.3 is 0 Å². The summed E-state index contributed by atoms with van der Waals surface area (Å²) in [5.41, 5.74) is 0. The smallest absolute Gasteiger partial charge is 0.192 e. The molecule has 0 spiro atoms. The molecule has 0 saturated carbocycles. The van der Waals surface area contributed by atoms with Crippen molar-refractivity contribution in [3.8, 4) is 0 Å². The summed E-state index contributed by atoms with van der Waals surface area (Å²) in [6, 6.07) is 0. The molecular weight excluding hydrogens is 1420 g/mol. The molecule has 30 rings (SSSR count). The van der Waals surface area contributed by atoms with Crippen LogP contribution in [0.5, 0.6) is 0 Å². The molecule has 0 aromatic carbocycles. The molecule has 0 radical (unpaired) electrons. The molecule has 0 amide bonds. The van der Waals surface area contributed by atoms with Gasteiger partial charge < -0.3 is 197 Å². The lowest BCUT2D eigenvalue weighted by molar-refractivity contribution is -0.403. The van der Waals surface area contributed by atoms with Crippen LogP contribution in [0.2, 0.25) is 36.3 Å². The molecule has 596 valence electrons. The van der Waals surface area contributed by atoms with Crippen LogP contribution in [0.1, 0.15) is 41.5 Å². The summed E-state index contributed by atoms with van der Waals surface area (Å²) < 4.78 is 108. The second kappa shape index (κ2) is 34.2. The first-order valence-electron chi connectivity index (χ1n) is 34.0. The van der Waals surface area contributed by atoms with Crippen molar-refractivity contribution in [2.24, 2.45) is 0 Å². The van der Waals surface area contributed by atoms with Crippen molar-refractivity contribution in [3.05, 3.63) is 0 Å². The number of aliphatic hydroxyl groups is 22. The first kappa shape index (κ1) is 84.8. The lowest BCUT2D eigenvalue weighted by atomic mass is 9.94. The Morgan fingerprint density at radius 3 is 0.471 bits per heavy atom. The lowest BCUT2D eigenvalue weighted by Crippen LogP contribution is -2.69. The number of hydrogen-bond acceptors (Lipinski definition) is 40. The molecule has 30 saturated heterocycles. The molecule has 22 N–H and O–H groups in total. The van der Waals surface area contributed by atoms with E-state index >= 15 is 0 Å². The number of aliphatic hydroxyl groups excluding tert-OH is 22. The molecule has 42 heteroatoms. The van der Waals surface area contributed by atoms with Crippen molar-refractivity contribution >= 4 is 16.6 Å². The highest BCUT2D eigenvalue weighted by Gasteiger charge is 2.61. The minimum absolute atomic E-state index is 0.450. The van der Waals surface area contributed by atoms with Gasteiger partial charge in [0.25, 0.3) is 0 Å². The highest BCUT2D eigenvalue weighted by molar-refractivity contribution is 6.74. The molecule has 30 heterocycles. The van der Waals surface area contributed by atoms with Gasteiger partial charge in [-0.05, 0) is 36.3 Å². The van der Waals surface area contributed by atoms with Gasteiger partial charge in [0, 0.05) is 0 Å². The predicted molar refractivity (Wildman–Crippen MR) is 333 cm³/mol. The molecule has 40 atom stereocenters. The van der Waals surface area contributed by atoms with E-state index in [1.807, 2.05) is 67.7 Å². The molecular formula is C60H108O40Si2. The van der Waals surface area contributed by atoms with E-state index < -0.39 is 325 Å². The SMILES string of the molecule is CC(C)(C)[Si](C)(C)OC[C@H]1O[C@@H]2O[C@H]3[C@H](O)[C@@H](O)[C@@H](O[C@H]4[C@H](O)[C@@H](O)[C@@H](O[C@H]5[C@H](O)[C@@H](O)[C@@H](O[C@H]6[C@H](O)[C@@H](O)[C@@H](O[C@H]7[C@H](O)[C@@H](O)[C@@H](O[C@H]8[C@H](O)[C@@H](O)[C@@H](O[C@H]9[C@H](O)[C@@H](O)[C@@H](O[C@H]1[C@H](O)[C@H]2O)O[C@@H]9CO)O[C@@H]8CO)O[C@@H]7CO)O[C@@H]6CO)O[C@@H]5CO)O[C@@H]4CO)O[C@@H]3CO[Si](C)(C)C(C)(C)C. The second-order valence-electron chi connectivity index (χ2n) is 30.2. The van der Waals surface area contributed by atoms with Crippen LogP contribution >= 0.6 is 0 Å². The fraction of sp³-hybridized carbons (Fsp3) is 1.00. The van der Waals surface area contributed by atoms with Crippen LogP contribution in [0.4, 0.5) is 0 Å². The highest BCUT2D eigenvalue weighted by Crippen LogP contribution is 2.43. The van der Waals surface area contributed by atoms with Crippen molar-refractivity contribution in [1.29, 1.82) is 0 Å². The van der Waals surface area contributed by atoms with E-state index in [9.17, 15) is 112 Å². The Labute approximate surface area is 588 Å². The maximum absolute atomic E-state index is 12.2. The van der Waals surface area contributed by atoms with E-state index in [1.165, 1.54) is 0 Å². The third-order valence-electron chi connectivity index (χ3n) is 21.4. The summed E-state index contributed by atoms with van der Waals surface area (Å²) in [6.07, 6.45) is -80.5. The van der Waals surface area contributed by atoms with Crippen LogP contribution in [0, 0.1) is 0 Å². The van der Waals surface area contributed by atoms with Gasteiger partial charge in [0.05, 0.1) is 52.9 Å². The first-order chi connectivity index (χ1) is 47.7. The van der Waals surface area contributed by atoms with Gasteiger partial charge in [-0.2, -0.15) is 0 Å². The number of hydrogen-bond donors (Lipinski definition) is 22. The molecule has 0 unspecified atom stereocenters. The first-order valence-corrected chi connectivity index (χ1v) is 39.8. The van der Waals surface area contributed by atoms with Crippen molar-refractivity contribution in [2.75, 3.05) is 52.9 Å². The van der Waals surface area contributed by atoms with Crippen molar-refractivity contribution in [3.63, 3.8) is 0 Å². The molecule has 0 aliphatic carbocycles. The van der Waals surface area contributed by atoms with Crippen LogP contribution in [-0.4, -0.2) is 427 Å². The second-order valence-corrected chi connectivity index (χ2v) is 39.9. The molecule has 30 aliphatic rings. The zero-order chi connectivity index (χ0) is 75.5. The predicted octanol–water partition coefficient (Wildman–Crippen LogP) is -11.3. The maximum Gasteiger partial charge on any atom is 0.192 e. The van der Waals surface area contributed by atoms with Crippen LogP contribution in [0.15, 0.2) is 0 Å². The van der Waals surface area contributed by atoms with Gasteiger partial charge in [-0.3, -0.25) is 0 Å². The van der Waals surface area contributed by atoms with Crippen molar-refractivity contribution in [2.45, 2.75) is 323 Å². The minimum Gasteiger partial charge on any atom is -0.414 e. The molecule has 40 nitrogen and oxygen atoms in total. The van der Waals surface area contributed by atoms with Gasteiger partial charge in [-0.25, -0.2) is 0 Å². The third-order valence-corrected chi connectivity index (χ3v) is 30.4. The lowest BCUT2D eigenvalue weighted by Gasteiger charge is -2.51. The summed E-state index contributed by atoms with van der Waals surface area (Å²) in [5.74, 6) is 0. The number of rotatable bonds is 12. The fourth-order valence-electron chi connectivity index (χ4n) is 12.9. The van der Waals surface area contributed by atoms with Crippen LogP contribution in [-0.2, 0) is 84.6 Å². The largest absolute Gasteiger partial charge is 0.414 e.